The number of carbonyl (C=O) groups is 3. The Morgan fingerprint density at radius 3 is 2.33 bits per heavy atom. The van der Waals surface area contributed by atoms with Gasteiger partial charge in [0.15, 0.2) is 11.6 Å². The van der Waals surface area contributed by atoms with E-state index < -0.39 is 0 Å². The first kappa shape index (κ1) is 15.5. The Balaban J connectivity index is 2.20. The SMILES string of the molecule is CC(=O)N[C@H](C)CSC1=C(C)C(=O)c2ccccc2C1=O. The number of ketones is 2. The normalized spacial score (nSPS) is 15.8. The van der Waals surface area contributed by atoms with Gasteiger partial charge in [-0.05, 0) is 13.8 Å². The molecule has 2 rings (SSSR count). The van der Waals surface area contributed by atoms with Crippen LogP contribution in [0.1, 0.15) is 41.5 Å². The molecule has 0 saturated carbocycles. The number of hydrogen-bond donors (Lipinski definition) is 1. The zero-order chi connectivity index (χ0) is 15.6. The number of rotatable bonds is 4. The molecule has 4 nitrogen and oxygen atoms in total. The summed E-state index contributed by atoms with van der Waals surface area (Å²) >= 11 is 1.33. The molecule has 1 aromatic rings. The number of hydrogen-bond acceptors (Lipinski definition) is 4. The van der Waals surface area contributed by atoms with Crippen LogP contribution >= 0.6 is 11.8 Å². The topological polar surface area (TPSA) is 63.2 Å². The van der Waals surface area contributed by atoms with Crippen molar-refractivity contribution in [3.05, 3.63) is 45.9 Å². The van der Waals surface area contributed by atoms with Crippen LogP contribution in [-0.2, 0) is 4.79 Å². The van der Waals surface area contributed by atoms with E-state index in [0.29, 0.717) is 27.4 Å². The third-order valence-corrected chi connectivity index (χ3v) is 4.68. The van der Waals surface area contributed by atoms with Gasteiger partial charge in [-0.1, -0.05) is 24.3 Å². The van der Waals surface area contributed by atoms with Gasteiger partial charge in [-0.2, -0.15) is 0 Å². The Labute approximate surface area is 128 Å². The summed E-state index contributed by atoms with van der Waals surface area (Å²) in [5.74, 6) is 0.237. The van der Waals surface area contributed by atoms with Gasteiger partial charge in [-0.3, -0.25) is 14.4 Å². The highest BCUT2D eigenvalue weighted by molar-refractivity contribution is 8.04. The Morgan fingerprint density at radius 1 is 1.19 bits per heavy atom. The number of thioether (sulfide) groups is 1. The molecule has 1 aliphatic rings. The molecule has 1 amide bonds. The van der Waals surface area contributed by atoms with Crippen LogP contribution in [0.4, 0.5) is 0 Å². The van der Waals surface area contributed by atoms with Crippen LogP contribution in [0, 0.1) is 0 Å². The fourth-order valence-corrected chi connectivity index (χ4v) is 3.30. The maximum atomic E-state index is 12.5. The second-order valence-corrected chi connectivity index (χ2v) is 6.10. The Hall–Kier alpha value is -1.88. The molecule has 110 valence electrons. The van der Waals surface area contributed by atoms with Gasteiger partial charge in [0, 0.05) is 35.4 Å². The van der Waals surface area contributed by atoms with Gasteiger partial charge in [-0.15, -0.1) is 11.8 Å². The minimum absolute atomic E-state index is 0.0622. The largest absolute Gasteiger partial charge is 0.353 e. The number of Topliss-reactive ketones (excluding diaryl/α,β-unsaturated/α-hetero) is 2. The molecule has 0 radical (unpaired) electrons. The highest BCUT2D eigenvalue weighted by Gasteiger charge is 2.29. The van der Waals surface area contributed by atoms with E-state index in [2.05, 4.69) is 5.32 Å². The molecule has 1 atom stereocenters. The van der Waals surface area contributed by atoms with Crippen molar-refractivity contribution in [2.75, 3.05) is 5.75 Å². The van der Waals surface area contributed by atoms with E-state index in [4.69, 9.17) is 0 Å². The average Bonchev–Trinajstić information content (AvgIpc) is 2.44. The molecule has 1 aliphatic carbocycles. The molecule has 1 N–H and O–H groups in total. The Bertz CT molecular complexity index is 649. The van der Waals surface area contributed by atoms with Gasteiger partial charge in [0.05, 0.1) is 4.91 Å². The zero-order valence-electron chi connectivity index (χ0n) is 12.2. The lowest BCUT2D eigenvalue weighted by Gasteiger charge is -2.20. The van der Waals surface area contributed by atoms with Crippen LogP contribution in [0.2, 0.25) is 0 Å². The summed E-state index contributed by atoms with van der Waals surface area (Å²) in [6.07, 6.45) is 0. The van der Waals surface area contributed by atoms with Crippen molar-refractivity contribution in [2.45, 2.75) is 26.8 Å². The van der Waals surface area contributed by atoms with Gasteiger partial charge in [0.25, 0.3) is 0 Å². The van der Waals surface area contributed by atoms with Crippen molar-refractivity contribution in [3.8, 4) is 0 Å². The van der Waals surface area contributed by atoms with Crippen molar-refractivity contribution in [2.24, 2.45) is 0 Å². The van der Waals surface area contributed by atoms with E-state index in [1.807, 2.05) is 6.92 Å². The monoisotopic (exact) mass is 303 g/mol. The van der Waals surface area contributed by atoms with E-state index in [1.165, 1.54) is 18.7 Å². The van der Waals surface area contributed by atoms with Crippen molar-refractivity contribution < 1.29 is 14.4 Å². The lowest BCUT2D eigenvalue weighted by atomic mass is 9.90. The standard InChI is InChI=1S/C16H17NO3S/c1-9(17-11(3)18)8-21-16-10(2)14(19)12-6-4-5-7-13(12)15(16)20/h4-7,9H,8H2,1-3H3,(H,17,18)/t9-/m1/s1. The molecule has 0 bridgehead atoms. The second kappa shape index (κ2) is 6.26. The summed E-state index contributed by atoms with van der Waals surface area (Å²) in [7, 11) is 0. The summed E-state index contributed by atoms with van der Waals surface area (Å²) in [4.78, 5) is 36.3. The number of amides is 1. The van der Waals surface area contributed by atoms with E-state index >= 15 is 0 Å². The number of carbonyl (C=O) groups excluding carboxylic acids is 3. The molecule has 0 fully saturated rings. The Morgan fingerprint density at radius 2 is 1.76 bits per heavy atom. The second-order valence-electron chi connectivity index (χ2n) is 5.07. The number of allylic oxidation sites excluding steroid dienone is 2. The smallest absolute Gasteiger partial charge is 0.217 e. The van der Waals surface area contributed by atoms with Gasteiger partial charge >= 0.3 is 0 Å². The van der Waals surface area contributed by atoms with Crippen LogP contribution in [0.3, 0.4) is 0 Å². The number of benzene rings is 1. The Kier molecular flexibility index (Phi) is 4.63. The summed E-state index contributed by atoms with van der Waals surface area (Å²) in [6.45, 7) is 5.01. The van der Waals surface area contributed by atoms with Gasteiger partial charge in [0.1, 0.15) is 0 Å². The lowest BCUT2D eigenvalue weighted by Crippen LogP contribution is -2.32. The molecule has 5 heteroatoms. The minimum Gasteiger partial charge on any atom is -0.353 e. The van der Waals surface area contributed by atoms with Crippen molar-refractivity contribution in [3.63, 3.8) is 0 Å². The quantitative estimate of drug-likeness (QED) is 0.928. The predicted octanol–water partition coefficient (Wildman–Crippen LogP) is 2.60. The lowest BCUT2D eigenvalue weighted by molar-refractivity contribution is -0.119. The molecule has 0 saturated heterocycles. The maximum absolute atomic E-state index is 12.5. The summed E-state index contributed by atoms with van der Waals surface area (Å²) in [5, 5.41) is 2.76. The first-order valence-corrected chi connectivity index (χ1v) is 7.69. The summed E-state index contributed by atoms with van der Waals surface area (Å²) in [5.41, 5.74) is 1.42. The third-order valence-electron chi connectivity index (χ3n) is 3.23. The van der Waals surface area contributed by atoms with E-state index in [0.717, 1.165) is 0 Å². The predicted molar refractivity (Wildman–Crippen MR) is 83.5 cm³/mol. The highest BCUT2D eigenvalue weighted by atomic mass is 32.2. The first-order chi connectivity index (χ1) is 9.91. The van der Waals surface area contributed by atoms with Gasteiger partial charge in [-0.25, -0.2) is 0 Å². The van der Waals surface area contributed by atoms with Crippen molar-refractivity contribution >= 4 is 29.2 Å². The molecule has 0 spiro atoms. The van der Waals surface area contributed by atoms with Gasteiger partial charge in [0.2, 0.25) is 5.91 Å². The minimum atomic E-state index is -0.109. The number of fused-ring (bicyclic) bond motifs is 1. The third kappa shape index (κ3) is 3.24. The van der Waals surface area contributed by atoms with E-state index in [-0.39, 0.29) is 23.5 Å². The molecule has 0 unspecified atom stereocenters. The van der Waals surface area contributed by atoms with Crippen LogP contribution < -0.4 is 5.32 Å². The van der Waals surface area contributed by atoms with Crippen LogP contribution in [0.15, 0.2) is 34.7 Å². The number of nitrogens with one attached hydrogen (secondary N) is 1. The first-order valence-electron chi connectivity index (χ1n) is 6.71. The molecule has 0 aliphatic heterocycles. The van der Waals surface area contributed by atoms with Crippen molar-refractivity contribution in [1.29, 1.82) is 0 Å². The molecular formula is C16H17NO3S. The molecule has 0 heterocycles. The van der Waals surface area contributed by atoms with Crippen LogP contribution in [0.25, 0.3) is 0 Å². The molecular weight excluding hydrogens is 286 g/mol. The molecule has 0 aromatic heterocycles. The molecule has 1 aromatic carbocycles. The molecule has 21 heavy (non-hydrogen) atoms. The van der Waals surface area contributed by atoms with E-state index in [9.17, 15) is 14.4 Å². The highest BCUT2D eigenvalue weighted by Crippen LogP contribution is 2.32. The zero-order valence-corrected chi connectivity index (χ0v) is 13.0. The summed E-state index contributed by atoms with van der Waals surface area (Å²) < 4.78 is 0. The fraction of sp³-hybridized carbons (Fsp3) is 0.312. The van der Waals surface area contributed by atoms with Crippen LogP contribution in [0.5, 0.6) is 0 Å². The van der Waals surface area contributed by atoms with Crippen molar-refractivity contribution in [1.82, 2.24) is 5.32 Å². The fourth-order valence-electron chi connectivity index (χ4n) is 2.25. The van der Waals surface area contributed by atoms with Gasteiger partial charge < -0.3 is 5.32 Å². The van der Waals surface area contributed by atoms with Crippen LogP contribution in [-0.4, -0.2) is 29.3 Å². The maximum Gasteiger partial charge on any atom is 0.217 e. The van der Waals surface area contributed by atoms with E-state index in [1.54, 1.807) is 31.2 Å². The average molecular weight is 303 g/mol. The summed E-state index contributed by atoms with van der Waals surface area (Å²) in [6, 6.07) is 6.81.